The lowest BCUT2D eigenvalue weighted by molar-refractivity contribution is -0.137. The molecule has 1 aromatic rings. The van der Waals surface area contributed by atoms with E-state index in [-0.39, 0.29) is 0 Å². The lowest BCUT2D eigenvalue weighted by Crippen LogP contribution is -2.29. The highest BCUT2D eigenvalue weighted by Gasteiger charge is 2.30. The fraction of sp³-hybridized carbons (Fsp3) is 0.600. The number of rotatable bonds is 6. The van der Waals surface area contributed by atoms with Crippen molar-refractivity contribution in [2.75, 3.05) is 6.54 Å². The molecule has 0 fully saturated rings. The predicted octanol–water partition coefficient (Wildman–Crippen LogP) is 4.27. The first-order valence-electron chi connectivity index (χ1n) is 6.72. The van der Waals surface area contributed by atoms with Gasteiger partial charge in [0.2, 0.25) is 0 Å². The Morgan fingerprint density at radius 2 is 1.89 bits per heavy atom. The van der Waals surface area contributed by atoms with Crippen LogP contribution in [0.5, 0.6) is 0 Å². The zero-order valence-corrected chi connectivity index (χ0v) is 11.7. The van der Waals surface area contributed by atoms with Crippen LogP contribution < -0.4 is 5.32 Å². The highest BCUT2D eigenvalue weighted by Crippen LogP contribution is 2.30. The smallest absolute Gasteiger partial charge is 0.314 e. The summed E-state index contributed by atoms with van der Waals surface area (Å²) >= 11 is 0. The van der Waals surface area contributed by atoms with Gasteiger partial charge < -0.3 is 5.32 Å². The van der Waals surface area contributed by atoms with Gasteiger partial charge >= 0.3 is 6.18 Å². The van der Waals surface area contributed by atoms with E-state index in [4.69, 9.17) is 0 Å². The van der Waals surface area contributed by atoms with Crippen LogP contribution in [0, 0.1) is 5.92 Å². The van der Waals surface area contributed by atoms with Gasteiger partial charge in [-0.25, -0.2) is 0 Å². The predicted molar refractivity (Wildman–Crippen MR) is 72.1 cm³/mol. The van der Waals surface area contributed by atoms with Gasteiger partial charge in [0.15, 0.2) is 0 Å². The number of halogens is 3. The average Bonchev–Trinajstić information content (AvgIpc) is 2.33. The maximum absolute atomic E-state index is 12.6. The summed E-state index contributed by atoms with van der Waals surface area (Å²) in [5, 5.41) is 3.34. The SMILES string of the molecule is CCC(CNC(C)C)Cc1cccc(C(F)(F)F)c1. The molecule has 19 heavy (non-hydrogen) atoms. The van der Waals surface area contributed by atoms with Crippen LogP contribution in [0.4, 0.5) is 13.2 Å². The Morgan fingerprint density at radius 3 is 2.42 bits per heavy atom. The highest BCUT2D eigenvalue weighted by atomic mass is 19.4. The Balaban J connectivity index is 2.69. The number of hydrogen-bond acceptors (Lipinski definition) is 1. The summed E-state index contributed by atoms with van der Waals surface area (Å²) in [6.45, 7) is 7.04. The Hall–Kier alpha value is -1.03. The lowest BCUT2D eigenvalue weighted by atomic mass is 9.95. The summed E-state index contributed by atoms with van der Waals surface area (Å²) < 4.78 is 37.9. The first-order chi connectivity index (χ1) is 8.82. The summed E-state index contributed by atoms with van der Waals surface area (Å²) in [7, 11) is 0. The minimum atomic E-state index is -4.26. The fourth-order valence-corrected chi connectivity index (χ4v) is 1.97. The van der Waals surface area contributed by atoms with Crippen LogP contribution in [0.15, 0.2) is 24.3 Å². The number of benzene rings is 1. The summed E-state index contributed by atoms with van der Waals surface area (Å²) in [5.74, 6) is 0.367. The molecule has 108 valence electrons. The van der Waals surface area contributed by atoms with Gasteiger partial charge in [0.05, 0.1) is 5.56 Å². The standard InChI is InChI=1S/C15H22F3N/c1-4-12(10-19-11(2)3)8-13-6-5-7-14(9-13)15(16,17)18/h5-7,9,11-12,19H,4,8,10H2,1-3H3. The van der Waals surface area contributed by atoms with Crippen molar-refractivity contribution in [3.63, 3.8) is 0 Å². The minimum Gasteiger partial charge on any atom is -0.314 e. The monoisotopic (exact) mass is 273 g/mol. The highest BCUT2D eigenvalue weighted by molar-refractivity contribution is 5.26. The van der Waals surface area contributed by atoms with E-state index in [0.717, 1.165) is 24.6 Å². The molecule has 0 bridgehead atoms. The molecule has 1 atom stereocenters. The van der Waals surface area contributed by atoms with Crippen LogP contribution in [0.25, 0.3) is 0 Å². The quantitative estimate of drug-likeness (QED) is 0.816. The molecule has 0 saturated heterocycles. The van der Waals surface area contributed by atoms with Crippen molar-refractivity contribution < 1.29 is 13.2 Å². The molecule has 0 aliphatic carbocycles. The second kappa shape index (κ2) is 6.94. The molecule has 0 spiro atoms. The van der Waals surface area contributed by atoms with Crippen molar-refractivity contribution in [1.82, 2.24) is 5.32 Å². The summed E-state index contributed by atoms with van der Waals surface area (Å²) in [6.07, 6.45) is -2.62. The van der Waals surface area contributed by atoms with Crippen molar-refractivity contribution in [2.24, 2.45) is 5.92 Å². The molecule has 1 unspecified atom stereocenters. The van der Waals surface area contributed by atoms with Crippen LogP contribution in [0.2, 0.25) is 0 Å². The average molecular weight is 273 g/mol. The normalized spacial score (nSPS) is 13.8. The molecule has 1 N–H and O–H groups in total. The molecule has 0 aliphatic heterocycles. The van der Waals surface area contributed by atoms with Crippen molar-refractivity contribution in [3.8, 4) is 0 Å². The van der Waals surface area contributed by atoms with E-state index in [0.29, 0.717) is 18.4 Å². The van der Waals surface area contributed by atoms with Crippen molar-refractivity contribution >= 4 is 0 Å². The third kappa shape index (κ3) is 5.64. The molecule has 0 aromatic heterocycles. The molecule has 1 nitrogen and oxygen atoms in total. The van der Waals surface area contributed by atoms with Gasteiger partial charge in [0.1, 0.15) is 0 Å². The van der Waals surface area contributed by atoms with Gasteiger partial charge in [-0.05, 0) is 30.5 Å². The third-order valence-corrected chi connectivity index (χ3v) is 3.17. The number of nitrogens with one attached hydrogen (secondary N) is 1. The van der Waals surface area contributed by atoms with Crippen LogP contribution in [-0.2, 0) is 12.6 Å². The first-order valence-corrected chi connectivity index (χ1v) is 6.72. The van der Waals surface area contributed by atoms with E-state index in [1.54, 1.807) is 6.07 Å². The van der Waals surface area contributed by atoms with Crippen LogP contribution in [-0.4, -0.2) is 12.6 Å². The van der Waals surface area contributed by atoms with Gasteiger partial charge in [-0.2, -0.15) is 13.2 Å². The summed E-state index contributed by atoms with van der Waals surface area (Å²) in [4.78, 5) is 0. The molecule has 1 aromatic carbocycles. The van der Waals surface area contributed by atoms with Crippen molar-refractivity contribution in [3.05, 3.63) is 35.4 Å². The van der Waals surface area contributed by atoms with Gasteiger partial charge in [-0.15, -0.1) is 0 Å². The van der Waals surface area contributed by atoms with Crippen LogP contribution >= 0.6 is 0 Å². The lowest BCUT2D eigenvalue weighted by Gasteiger charge is -2.18. The third-order valence-electron chi connectivity index (χ3n) is 3.17. The van der Waals surface area contributed by atoms with Crippen molar-refractivity contribution in [2.45, 2.75) is 45.8 Å². The van der Waals surface area contributed by atoms with Crippen LogP contribution in [0.3, 0.4) is 0 Å². The minimum absolute atomic E-state index is 0.367. The Morgan fingerprint density at radius 1 is 1.21 bits per heavy atom. The maximum Gasteiger partial charge on any atom is 0.416 e. The molecule has 0 amide bonds. The summed E-state index contributed by atoms with van der Waals surface area (Å²) in [6, 6.07) is 6.04. The maximum atomic E-state index is 12.6. The van der Waals surface area contributed by atoms with Gasteiger partial charge in [-0.3, -0.25) is 0 Å². The molecule has 0 aliphatic rings. The topological polar surface area (TPSA) is 12.0 Å². The molecular weight excluding hydrogens is 251 g/mol. The van der Waals surface area contributed by atoms with E-state index in [2.05, 4.69) is 26.1 Å². The van der Waals surface area contributed by atoms with Gasteiger partial charge in [0.25, 0.3) is 0 Å². The second-order valence-corrected chi connectivity index (χ2v) is 5.24. The zero-order chi connectivity index (χ0) is 14.5. The molecule has 4 heteroatoms. The molecule has 0 heterocycles. The van der Waals surface area contributed by atoms with E-state index >= 15 is 0 Å². The number of hydrogen-bond donors (Lipinski definition) is 1. The van der Waals surface area contributed by atoms with Gasteiger partial charge in [-0.1, -0.05) is 45.4 Å². The zero-order valence-electron chi connectivity index (χ0n) is 11.7. The van der Waals surface area contributed by atoms with Gasteiger partial charge in [0, 0.05) is 6.04 Å². The molecule has 0 radical (unpaired) electrons. The van der Waals surface area contributed by atoms with E-state index in [9.17, 15) is 13.2 Å². The Labute approximate surface area is 113 Å². The Kier molecular flexibility index (Phi) is 5.85. The van der Waals surface area contributed by atoms with E-state index in [1.807, 2.05) is 0 Å². The molecular formula is C15H22F3N. The van der Waals surface area contributed by atoms with Crippen molar-refractivity contribution in [1.29, 1.82) is 0 Å². The number of alkyl halides is 3. The van der Waals surface area contributed by atoms with E-state index < -0.39 is 11.7 Å². The fourth-order valence-electron chi connectivity index (χ4n) is 1.97. The largest absolute Gasteiger partial charge is 0.416 e. The summed E-state index contributed by atoms with van der Waals surface area (Å²) in [5.41, 5.74) is 0.198. The molecule has 0 saturated carbocycles. The first kappa shape index (κ1) is 16.0. The molecule has 1 rings (SSSR count). The van der Waals surface area contributed by atoms with Crippen LogP contribution in [0.1, 0.15) is 38.3 Å². The Bertz CT molecular complexity index is 385. The second-order valence-electron chi connectivity index (χ2n) is 5.24. The van der Waals surface area contributed by atoms with E-state index in [1.165, 1.54) is 12.1 Å².